The molecule has 1 aromatic heterocycles. The molecule has 2 rings (SSSR count). The smallest absolute Gasteiger partial charge is 0.272 e. The number of nitrogen functional groups attached to an aromatic ring is 1. The van der Waals surface area contributed by atoms with Crippen LogP contribution in [0.1, 0.15) is 36.2 Å². The van der Waals surface area contributed by atoms with E-state index in [0.29, 0.717) is 30.5 Å². The molecule has 1 amide bonds. The predicted octanol–water partition coefficient (Wildman–Crippen LogP) is 1.04. The Morgan fingerprint density at radius 3 is 2.83 bits per heavy atom. The molecule has 0 atom stereocenters. The van der Waals surface area contributed by atoms with E-state index < -0.39 is 0 Å². The zero-order valence-corrected chi connectivity index (χ0v) is 10.4. The van der Waals surface area contributed by atoms with Crippen molar-refractivity contribution in [2.45, 2.75) is 31.7 Å². The average Bonchev–Trinajstić information content (AvgIpc) is 2.31. The summed E-state index contributed by atoms with van der Waals surface area (Å²) in [5, 5.41) is 8.91. The van der Waals surface area contributed by atoms with Gasteiger partial charge >= 0.3 is 0 Å². The Morgan fingerprint density at radius 1 is 1.50 bits per heavy atom. The average molecular weight is 249 g/mol. The van der Waals surface area contributed by atoms with E-state index in [1.807, 2.05) is 4.90 Å². The molecular formula is C13H19N3O2. The van der Waals surface area contributed by atoms with Crippen molar-refractivity contribution in [3.05, 3.63) is 23.9 Å². The van der Waals surface area contributed by atoms with Crippen LogP contribution in [-0.4, -0.2) is 40.1 Å². The van der Waals surface area contributed by atoms with Gasteiger partial charge in [-0.2, -0.15) is 0 Å². The first-order chi connectivity index (χ1) is 8.72. The number of carbonyl (C=O) groups is 1. The van der Waals surface area contributed by atoms with Gasteiger partial charge in [-0.1, -0.05) is 6.07 Å². The van der Waals surface area contributed by atoms with E-state index in [9.17, 15) is 4.79 Å². The van der Waals surface area contributed by atoms with Gasteiger partial charge in [0.25, 0.3) is 5.91 Å². The molecule has 3 N–H and O–H groups in total. The number of nitrogens with zero attached hydrogens (tertiary/aromatic N) is 2. The number of nitrogens with two attached hydrogens (primary N) is 1. The molecule has 1 aliphatic rings. The molecule has 0 aliphatic heterocycles. The normalized spacial score (nSPS) is 15.2. The second kappa shape index (κ2) is 5.82. The maximum atomic E-state index is 12.4. The molecule has 1 fully saturated rings. The van der Waals surface area contributed by atoms with Crippen molar-refractivity contribution >= 4 is 11.7 Å². The minimum Gasteiger partial charge on any atom is -0.396 e. The van der Waals surface area contributed by atoms with E-state index in [2.05, 4.69) is 4.98 Å². The van der Waals surface area contributed by atoms with Crippen LogP contribution < -0.4 is 5.73 Å². The summed E-state index contributed by atoms with van der Waals surface area (Å²) in [6, 6.07) is 5.38. The highest BCUT2D eigenvalue weighted by Crippen LogP contribution is 2.26. The number of rotatable bonds is 5. The van der Waals surface area contributed by atoms with Gasteiger partial charge in [-0.05, 0) is 37.8 Å². The van der Waals surface area contributed by atoms with Crippen molar-refractivity contribution in [1.29, 1.82) is 0 Å². The van der Waals surface area contributed by atoms with Crippen LogP contribution in [0.25, 0.3) is 0 Å². The number of pyridine rings is 1. The fraction of sp³-hybridized carbons (Fsp3) is 0.538. The number of amides is 1. The molecule has 5 nitrogen and oxygen atoms in total. The highest BCUT2D eigenvalue weighted by Gasteiger charge is 2.29. The number of aromatic nitrogens is 1. The first-order valence-electron chi connectivity index (χ1n) is 6.36. The Hall–Kier alpha value is -1.62. The van der Waals surface area contributed by atoms with Gasteiger partial charge in [-0.3, -0.25) is 4.79 Å². The standard InChI is InChI=1S/C13H19N3O2/c14-12-7-2-6-11(15-12)13(18)16(8-3-9-17)10-4-1-5-10/h2,6-7,10,17H,1,3-5,8-9H2,(H2,14,15). The van der Waals surface area contributed by atoms with Gasteiger partial charge in [0.1, 0.15) is 11.5 Å². The number of anilines is 1. The van der Waals surface area contributed by atoms with Crippen LogP contribution >= 0.6 is 0 Å². The number of hydrogen-bond donors (Lipinski definition) is 2. The summed E-state index contributed by atoms with van der Waals surface area (Å²) in [5.41, 5.74) is 5.99. The van der Waals surface area contributed by atoms with Crippen LogP contribution in [0.15, 0.2) is 18.2 Å². The fourth-order valence-electron chi connectivity index (χ4n) is 2.11. The second-order valence-corrected chi connectivity index (χ2v) is 4.61. The molecule has 0 bridgehead atoms. The zero-order chi connectivity index (χ0) is 13.0. The Kier molecular flexibility index (Phi) is 4.15. The summed E-state index contributed by atoms with van der Waals surface area (Å²) in [5.74, 6) is 0.275. The maximum Gasteiger partial charge on any atom is 0.272 e. The molecular weight excluding hydrogens is 230 g/mol. The molecule has 0 saturated heterocycles. The predicted molar refractivity (Wildman–Crippen MR) is 69.0 cm³/mol. The molecule has 98 valence electrons. The van der Waals surface area contributed by atoms with Gasteiger partial charge in [0.15, 0.2) is 0 Å². The largest absolute Gasteiger partial charge is 0.396 e. The monoisotopic (exact) mass is 249 g/mol. The minimum absolute atomic E-state index is 0.0829. The fourth-order valence-corrected chi connectivity index (χ4v) is 2.11. The Bertz CT molecular complexity index is 418. The van der Waals surface area contributed by atoms with Gasteiger partial charge < -0.3 is 15.7 Å². The van der Waals surface area contributed by atoms with E-state index in [0.717, 1.165) is 19.3 Å². The van der Waals surface area contributed by atoms with Crippen LogP contribution in [0.3, 0.4) is 0 Å². The lowest BCUT2D eigenvalue weighted by Crippen LogP contribution is -2.45. The lowest BCUT2D eigenvalue weighted by atomic mass is 9.91. The number of aliphatic hydroxyl groups excluding tert-OH is 1. The van der Waals surface area contributed by atoms with Gasteiger partial charge in [0.05, 0.1) is 0 Å². The van der Waals surface area contributed by atoms with E-state index in [4.69, 9.17) is 10.8 Å². The topological polar surface area (TPSA) is 79.5 Å². The lowest BCUT2D eigenvalue weighted by Gasteiger charge is -2.37. The molecule has 0 unspecified atom stereocenters. The maximum absolute atomic E-state index is 12.4. The number of hydrogen-bond acceptors (Lipinski definition) is 4. The lowest BCUT2D eigenvalue weighted by molar-refractivity contribution is 0.0556. The molecule has 5 heteroatoms. The van der Waals surface area contributed by atoms with E-state index in [1.54, 1.807) is 18.2 Å². The van der Waals surface area contributed by atoms with E-state index in [-0.39, 0.29) is 12.5 Å². The third-order valence-corrected chi connectivity index (χ3v) is 3.32. The number of carbonyl (C=O) groups excluding carboxylic acids is 1. The second-order valence-electron chi connectivity index (χ2n) is 4.61. The van der Waals surface area contributed by atoms with Crippen molar-refractivity contribution in [3.63, 3.8) is 0 Å². The zero-order valence-electron chi connectivity index (χ0n) is 10.4. The molecule has 0 spiro atoms. The minimum atomic E-state index is -0.0829. The number of aliphatic hydroxyl groups is 1. The molecule has 1 heterocycles. The van der Waals surface area contributed by atoms with Gasteiger partial charge in [-0.25, -0.2) is 4.98 Å². The summed E-state index contributed by atoms with van der Waals surface area (Å²) >= 11 is 0. The van der Waals surface area contributed by atoms with Gasteiger partial charge in [0.2, 0.25) is 0 Å². The summed E-state index contributed by atoms with van der Waals surface area (Å²) in [7, 11) is 0. The quantitative estimate of drug-likeness (QED) is 0.817. The van der Waals surface area contributed by atoms with E-state index >= 15 is 0 Å². The van der Waals surface area contributed by atoms with Crippen LogP contribution in [0.5, 0.6) is 0 Å². The third kappa shape index (κ3) is 2.79. The molecule has 0 aromatic carbocycles. The first-order valence-corrected chi connectivity index (χ1v) is 6.36. The van der Waals surface area contributed by atoms with Crippen LogP contribution in [0.4, 0.5) is 5.82 Å². The molecule has 18 heavy (non-hydrogen) atoms. The van der Waals surface area contributed by atoms with Gasteiger partial charge in [0, 0.05) is 19.2 Å². The summed E-state index contributed by atoms with van der Waals surface area (Å²) in [6.45, 7) is 0.678. The highest BCUT2D eigenvalue weighted by atomic mass is 16.3. The van der Waals surface area contributed by atoms with E-state index in [1.165, 1.54) is 0 Å². The Morgan fingerprint density at radius 2 is 2.28 bits per heavy atom. The van der Waals surface area contributed by atoms with Gasteiger partial charge in [-0.15, -0.1) is 0 Å². The van der Waals surface area contributed by atoms with Crippen molar-refractivity contribution in [1.82, 2.24) is 9.88 Å². The summed E-state index contributed by atoms with van der Waals surface area (Å²) in [6.07, 6.45) is 3.85. The van der Waals surface area contributed by atoms with Crippen molar-refractivity contribution < 1.29 is 9.90 Å². The third-order valence-electron chi connectivity index (χ3n) is 3.32. The molecule has 1 saturated carbocycles. The van der Waals surface area contributed by atoms with Crippen LogP contribution in [0.2, 0.25) is 0 Å². The highest BCUT2D eigenvalue weighted by molar-refractivity contribution is 5.92. The van der Waals surface area contributed by atoms with Crippen LogP contribution in [-0.2, 0) is 0 Å². The van der Waals surface area contributed by atoms with Crippen molar-refractivity contribution in [2.75, 3.05) is 18.9 Å². The Balaban J connectivity index is 2.11. The van der Waals surface area contributed by atoms with Crippen LogP contribution in [0, 0.1) is 0 Å². The molecule has 0 radical (unpaired) electrons. The molecule has 1 aliphatic carbocycles. The van der Waals surface area contributed by atoms with Crippen molar-refractivity contribution in [3.8, 4) is 0 Å². The SMILES string of the molecule is Nc1cccc(C(=O)N(CCCO)C2CCC2)n1. The summed E-state index contributed by atoms with van der Waals surface area (Å²) < 4.78 is 0. The first kappa shape index (κ1) is 12.8. The Labute approximate surface area is 107 Å². The summed E-state index contributed by atoms with van der Waals surface area (Å²) in [4.78, 5) is 18.3. The van der Waals surface area contributed by atoms with Crippen molar-refractivity contribution in [2.24, 2.45) is 0 Å². The molecule has 1 aromatic rings.